The van der Waals surface area contributed by atoms with Crippen molar-refractivity contribution in [2.24, 2.45) is 0 Å². The second-order valence-corrected chi connectivity index (χ2v) is 6.81. The number of nitrogens with one attached hydrogen (secondary N) is 1. The number of aromatic nitrogens is 4. The molecule has 0 atom stereocenters. The molecule has 1 N–H and O–H groups in total. The van der Waals surface area contributed by atoms with E-state index in [2.05, 4.69) is 19.2 Å². The molecule has 116 valence electrons. The van der Waals surface area contributed by atoms with Crippen LogP contribution in [-0.2, 0) is 0 Å². The Morgan fingerprint density at radius 1 is 1.14 bits per heavy atom. The van der Waals surface area contributed by atoms with Crippen molar-refractivity contribution in [2.45, 2.75) is 56.5 Å². The van der Waals surface area contributed by atoms with E-state index in [1.807, 2.05) is 6.07 Å². The van der Waals surface area contributed by atoms with Gasteiger partial charge in [0.1, 0.15) is 0 Å². The van der Waals surface area contributed by atoms with Crippen molar-refractivity contribution in [3.63, 3.8) is 0 Å². The van der Waals surface area contributed by atoms with Gasteiger partial charge in [-0.3, -0.25) is 4.79 Å². The molecule has 7 heteroatoms. The first-order valence-corrected chi connectivity index (χ1v) is 8.66. The van der Waals surface area contributed by atoms with Gasteiger partial charge in [0, 0.05) is 18.0 Å². The minimum Gasteiger partial charge on any atom is -0.365 e. The van der Waals surface area contributed by atoms with Crippen LogP contribution in [0.3, 0.4) is 0 Å². The minimum atomic E-state index is 0.0320. The Bertz CT molecular complexity index is 686. The normalized spacial score (nSPS) is 25.1. The second kappa shape index (κ2) is 5.79. The van der Waals surface area contributed by atoms with Crippen LogP contribution in [0, 0.1) is 0 Å². The molecule has 0 aliphatic heterocycles. The van der Waals surface area contributed by atoms with Crippen LogP contribution >= 0.6 is 11.7 Å². The molecule has 22 heavy (non-hydrogen) atoms. The molecule has 0 spiro atoms. The monoisotopic (exact) mass is 317 g/mol. The van der Waals surface area contributed by atoms with E-state index in [1.165, 1.54) is 24.6 Å². The topological polar surface area (TPSA) is 72.7 Å². The van der Waals surface area contributed by atoms with Crippen LogP contribution in [0.5, 0.6) is 0 Å². The van der Waals surface area contributed by atoms with E-state index in [9.17, 15) is 4.79 Å². The summed E-state index contributed by atoms with van der Waals surface area (Å²) in [4.78, 5) is 12.1. The van der Waals surface area contributed by atoms with Crippen LogP contribution in [0.15, 0.2) is 23.1 Å². The van der Waals surface area contributed by atoms with E-state index in [4.69, 9.17) is 0 Å². The van der Waals surface area contributed by atoms with Gasteiger partial charge >= 0.3 is 0 Å². The quantitative estimate of drug-likeness (QED) is 0.938. The van der Waals surface area contributed by atoms with Crippen LogP contribution in [0.2, 0.25) is 0 Å². The molecule has 2 aliphatic carbocycles. The maximum absolute atomic E-state index is 12.1. The van der Waals surface area contributed by atoms with Gasteiger partial charge in [-0.1, -0.05) is 0 Å². The first kappa shape index (κ1) is 13.9. The van der Waals surface area contributed by atoms with Crippen LogP contribution in [-0.4, -0.2) is 24.6 Å². The van der Waals surface area contributed by atoms with Crippen molar-refractivity contribution >= 4 is 17.5 Å². The molecule has 6 nitrogen and oxygen atoms in total. The third kappa shape index (κ3) is 2.90. The third-order valence-corrected chi connectivity index (χ3v) is 5.08. The predicted octanol–water partition coefficient (Wildman–Crippen LogP) is 2.57. The zero-order chi connectivity index (χ0) is 14.9. The molecular weight excluding hydrogens is 298 g/mol. The van der Waals surface area contributed by atoms with Gasteiger partial charge in [0.15, 0.2) is 5.82 Å². The van der Waals surface area contributed by atoms with E-state index in [1.54, 1.807) is 16.9 Å². The van der Waals surface area contributed by atoms with Gasteiger partial charge < -0.3 is 5.32 Å². The Labute approximate surface area is 132 Å². The Kier molecular flexibility index (Phi) is 3.65. The summed E-state index contributed by atoms with van der Waals surface area (Å²) >= 11 is 1.22. The Balaban J connectivity index is 1.42. The highest BCUT2D eigenvalue weighted by molar-refractivity contribution is 6.99. The lowest BCUT2D eigenvalue weighted by Crippen LogP contribution is -2.33. The molecule has 0 bridgehead atoms. The highest BCUT2D eigenvalue weighted by Crippen LogP contribution is 2.38. The fourth-order valence-corrected chi connectivity index (χ4v) is 3.58. The standard InChI is InChI=1S/C15H19N5OS/c21-15-8-7-13(10-1-2-10)18-20(15)12-5-3-11(4-6-12)17-14-9-16-22-19-14/h7-12H,1-6H2,(H,17,19). The zero-order valence-electron chi connectivity index (χ0n) is 12.3. The van der Waals surface area contributed by atoms with Gasteiger partial charge in [-0.15, -0.1) is 0 Å². The van der Waals surface area contributed by atoms with Crippen molar-refractivity contribution in [3.8, 4) is 0 Å². The maximum atomic E-state index is 12.1. The molecule has 0 amide bonds. The Morgan fingerprint density at radius 2 is 1.95 bits per heavy atom. The maximum Gasteiger partial charge on any atom is 0.267 e. The average Bonchev–Trinajstić information content (AvgIpc) is 3.27. The molecule has 2 aliphatic rings. The van der Waals surface area contributed by atoms with E-state index in [0.29, 0.717) is 12.0 Å². The summed E-state index contributed by atoms with van der Waals surface area (Å²) < 4.78 is 9.93. The number of anilines is 1. The molecule has 2 aromatic heterocycles. The molecule has 2 heterocycles. The molecular formula is C15H19N5OS. The lowest BCUT2D eigenvalue weighted by Gasteiger charge is -2.29. The first-order chi connectivity index (χ1) is 10.8. The van der Waals surface area contributed by atoms with Crippen molar-refractivity contribution in [1.29, 1.82) is 0 Å². The van der Waals surface area contributed by atoms with Crippen molar-refractivity contribution in [3.05, 3.63) is 34.4 Å². The molecule has 2 fully saturated rings. The third-order valence-electron chi connectivity index (χ3n) is 4.60. The van der Waals surface area contributed by atoms with Crippen molar-refractivity contribution < 1.29 is 0 Å². The summed E-state index contributed by atoms with van der Waals surface area (Å²) in [6.07, 6.45) is 8.22. The van der Waals surface area contributed by atoms with Gasteiger partial charge in [-0.2, -0.15) is 13.8 Å². The second-order valence-electron chi connectivity index (χ2n) is 6.26. The fraction of sp³-hybridized carbons (Fsp3) is 0.600. The SMILES string of the molecule is O=c1ccc(C2CC2)nn1C1CCC(Nc2cnsn2)CC1. The van der Waals surface area contributed by atoms with Crippen LogP contribution in [0.1, 0.15) is 56.2 Å². The molecule has 0 saturated heterocycles. The Hall–Kier alpha value is -1.76. The van der Waals surface area contributed by atoms with E-state index >= 15 is 0 Å². The van der Waals surface area contributed by atoms with Crippen LogP contribution in [0.25, 0.3) is 0 Å². The highest BCUT2D eigenvalue weighted by atomic mass is 32.1. The zero-order valence-corrected chi connectivity index (χ0v) is 13.1. The summed E-state index contributed by atoms with van der Waals surface area (Å²) in [6, 6.07) is 4.24. The lowest BCUT2D eigenvalue weighted by molar-refractivity contribution is 0.301. The lowest BCUT2D eigenvalue weighted by atomic mass is 9.91. The number of rotatable bonds is 4. The van der Waals surface area contributed by atoms with Gasteiger partial charge in [0.05, 0.1) is 29.7 Å². The van der Waals surface area contributed by atoms with Gasteiger partial charge in [0.2, 0.25) is 0 Å². The number of nitrogens with zero attached hydrogens (tertiary/aromatic N) is 4. The van der Waals surface area contributed by atoms with E-state index < -0.39 is 0 Å². The fourth-order valence-electron chi connectivity index (χ4n) is 3.20. The molecule has 0 radical (unpaired) electrons. The van der Waals surface area contributed by atoms with Gasteiger partial charge in [0.25, 0.3) is 5.56 Å². The molecule has 0 aromatic carbocycles. The summed E-state index contributed by atoms with van der Waals surface area (Å²) in [6.45, 7) is 0. The minimum absolute atomic E-state index is 0.0320. The van der Waals surface area contributed by atoms with E-state index in [-0.39, 0.29) is 11.6 Å². The summed E-state index contributed by atoms with van der Waals surface area (Å²) in [5.41, 5.74) is 1.12. The number of hydrogen-bond acceptors (Lipinski definition) is 6. The predicted molar refractivity (Wildman–Crippen MR) is 85.3 cm³/mol. The summed E-state index contributed by atoms with van der Waals surface area (Å²) in [5, 5.41) is 8.04. The molecule has 2 saturated carbocycles. The first-order valence-electron chi connectivity index (χ1n) is 7.93. The molecule has 4 rings (SSSR count). The van der Waals surface area contributed by atoms with Crippen LogP contribution in [0.4, 0.5) is 5.82 Å². The van der Waals surface area contributed by atoms with Gasteiger partial charge in [-0.05, 0) is 44.6 Å². The highest BCUT2D eigenvalue weighted by Gasteiger charge is 2.28. The van der Waals surface area contributed by atoms with Gasteiger partial charge in [-0.25, -0.2) is 4.68 Å². The number of hydrogen-bond donors (Lipinski definition) is 1. The molecule has 0 unspecified atom stereocenters. The summed E-state index contributed by atoms with van der Waals surface area (Å²) in [7, 11) is 0. The molecule has 2 aromatic rings. The largest absolute Gasteiger partial charge is 0.365 e. The van der Waals surface area contributed by atoms with Crippen molar-refractivity contribution in [2.75, 3.05) is 5.32 Å². The van der Waals surface area contributed by atoms with Crippen molar-refractivity contribution in [1.82, 2.24) is 18.5 Å². The average molecular weight is 317 g/mol. The Morgan fingerprint density at radius 3 is 2.64 bits per heavy atom. The summed E-state index contributed by atoms with van der Waals surface area (Å²) in [5.74, 6) is 1.45. The van der Waals surface area contributed by atoms with E-state index in [0.717, 1.165) is 37.2 Å². The smallest absolute Gasteiger partial charge is 0.267 e. The van der Waals surface area contributed by atoms with Crippen LogP contribution < -0.4 is 10.9 Å².